The van der Waals surface area contributed by atoms with Crippen LogP contribution in [0.25, 0.3) is 0 Å². The molecule has 4 saturated carbocycles. The van der Waals surface area contributed by atoms with Crippen LogP contribution in [0.2, 0.25) is 0 Å². The van der Waals surface area contributed by atoms with E-state index in [9.17, 15) is 14.7 Å². The van der Waals surface area contributed by atoms with E-state index >= 15 is 0 Å². The summed E-state index contributed by atoms with van der Waals surface area (Å²) in [7, 11) is 0. The first-order valence-corrected chi connectivity index (χ1v) is 12.6. The van der Waals surface area contributed by atoms with Gasteiger partial charge >= 0.3 is 5.97 Å². The minimum Gasteiger partial charge on any atom is -0.481 e. The van der Waals surface area contributed by atoms with Gasteiger partial charge in [0.05, 0.1) is 11.0 Å². The maximum atomic E-state index is 13.6. The average molecular weight is 455 g/mol. The Kier molecular flexibility index (Phi) is 5.46. The van der Waals surface area contributed by atoms with Gasteiger partial charge < -0.3 is 15.3 Å². The highest BCUT2D eigenvalue weighted by atomic mass is 16.4. The van der Waals surface area contributed by atoms with Gasteiger partial charge in [0.1, 0.15) is 5.82 Å². The lowest BCUT2D eigenvalue weighted by molar-refractivity contribution is -0.168. The lowest BCUT2D eigenvalue weighted by Crippen LogP contribution is -2.67. The minimum absolute atomic E-state index is 0.0816. The van der Waals surface area contributed by atoms with Crippen molar-refractivity contribution in [1.29, 1.82) is 0 Å². The Labute approximate surface area is 196 Å². The highest BCUT2D eigenvalue weighted by Crippen LogP contribution is 2.60. The number of hydrogen-bond acceptors (Lipinski definition) is 5. The van der Waals surface area contributed by atoms with Crippen molar-refractivity contribution < 1.29 is 14.7 Å². The van der Waals surface area contributed by atoms with Crippen molar-refractivity contribution in [3.8, 4) is 0 Å². The molecule has 4 bridgehead atoms. The van der Waals surface area contributed by atoms with Gasteiger partial charge in [-0.3, -0.25) is 14.5 Å². The smallest absolute Gasteiger partial charge is 0.309 e. The number of amides is 1. The minimum atomic E-state index is -0.623. The van der Waals surface area contributed by atoms with Gasteiger partial charge in [-0.1, -0.05) is 6.07 Å². The van der Waals surface area contributed by atoms with Crippen molar-refractivity contribution >= 4 is 17.7 Å². The number of pyridine rings is 1. The fraction of sp³-hybridized carbons (Fsp3) is 0.731. The van der Waals surface area contributed by atoms with Crippen LogP contribution in [0.3, 0.4) is 0 Å². The molecule has 1 aromatic rings. The number of rotatable bonds is 5. The van der Waals surface area contributed by atoms with Crippen LogP contribution in [0.5, 0.6) is 0 Å². The van der Waals surface area contributed by atoms with Gasteiger partial charge in [0.25, 0.3) is 0 Å². The van der Waals surface area contributed by atoms with E-state index in [1.807, 2.05) is 27.0 Å². The number of carboxylic acid groups (broad SMARTS) is 1. The normalized spacial score (nSPS) is 36.1. The molecule has 1 aromatic heterocycles. The Bertz CT molecular complexity index is 914. The van der Waals surface area contributed by atoms with Crippen LogP contribution in [0.4, 0.5) is 5.82 Å². The Morgan fingerprint density at radius 1 is 1.15 bits per heavy atom. The third-order valence-electron chi connectivity index (χ3n) is 9.15. The monoisotopic (exact) mass is 454 g/mol. The highest BCUT2D eigenvalue weighted by Gasteiger charge is 2.59. The van der Waals surface area contributed by atoms with Crippen LogP contribution < -0.4 is 10.2 Å². The van der Waals surface area contributed by atoms with E-state index < -0.39 is 16.9 Å². The molecule has 7 heteroatoms. The molecule has 5 fully saturated rings. The number of piperazine rings is 1. The molecule has 0 radical (unpaired) electrons. The summed E-state index contributed by atoms with van der Waals surface area (Å²) in [6.45, 7) is 10.8. The topological polar surface area (TPSA) is 85.8 Å². The van der Waals surface area contributed by atoms with Gasteiger partial charge in [-0.25, -0.2) is 4.98 Å². The maximum absolute atomic E-state index is 13.6. The quantitative estimate of drug-likeness (QED) is 0.711. The summed E-state index contributed by atoms with van der Waals surface area (Å²) in [5.41, 5.74) is -0.00436. The molecule has 33 heavy (non-hydrogen) atoms. The van der Waals surface area contributed by atoms with Gasteiger partial charge in [0, 0.05) is 37.9 Å². The number of anilines is 1. The van der Waals surface area contributed by atoms with E-state index in [0.29, 0.717) is 17.8 Å². The zero-order valence-corrected chi connectivity index (χ0v) is 20.4. The Morgan fingerprint density at radius 3 is 2.42 bits per heavy atom. The van der Waals surface area contributed by atoms with Gasteiger partial charge in [-0.05, 0) is 89.2 Å². The molecule has 3 unspecified atom stereocenters. The largest absolute Gasteiger partial charge is 0.481 e. The first kappa shape index (κ1) is 22.6. The van der Waals surface area contributed by atoms with E-state index in [1.54, 1.807) is 0 Å². The second-order valence-corrected chi connectivity index (χ2v) is 11.8. The number of aryl methyl sites for hydroxylation is 1. The molecule has 2 heterocycles. The van der Waals surface area contributed by atoms with Crippen molar-refractivity contribution in [2.75, 3.05) is 24.5 Å². The Hall–Kier alpha value is -2.15. The van der Waals surface area contributed by atoms with Crippen molar-refractivity contribution in [1.82, 2.24) is 15.2 Å². The molecule has 5 aliphatic rings. The third-order valence-corrected chi connectivity index (χ3v) is 9.15. The summed E-state index contributed by atoms with van der Waals surface area (Å²) in [6.07, 6.45) is 6.31. The zero-order chi connectivity index (χ0) is 23.5. The number of carbonyl (C=O) groups excluding carboxylic acids is 1. The van der Waals surface area contributed by atoms with Crippen LogP contribution in [-0.2, 0) is 9.59 Å². The van der Waals surface area contributed by atoms with E-state index in [4.69, 9.17) is 0 Å². The molecule has 1 amide bonds. The lowest BCUT2D eigenvalue weighted by Gasteiger charge is -2.58. The molecular formula is C26H38N4O3. The Balaban J connectivity index is 1.25. The first-order chi connectivity index (χ1) is 15.6. The third kappa shape index (κ3) is 3.82. The summed E-state index contributed by atoms with van der Waals surface area (Å²) in [5, 5.41) is 13.3. The number of aromatic nitrogens is 1. The summed E-state index contributed by atoms with van der Waals surface area (Å²) in [6, 6.07) is 4.51. The molecule has 7 nitrogen and oxygen atoms in total. The van der Waals surface area contributed by atoms with Gasteiger partial charge in [-0.15, -0.1) is 0 Å². The molecule has 1 saturated heterocycles. The number of hydrogen-bond donors (Lipinski definition) is 2. The molecule has 3 atom stereocenters. The summed E-state index contributed by atoms with van der Waals surface area (Å²) >= 11 is 0. The maximum Gasteiger partial charge on any atom is 0.309 e. The fourth-order valence-corrected chi connectivity index (χ4v) is 7.62. The van der Waals surface area contributed by atoms with Crippen LogP contribution >= 0.6 is 0 Å². The molecule has 0 aromatic carbocycles. The van der Waals surface area contributed by atoms with Crippen LogP contribution in [0, 0.1) is 30.1 Å². The first-order valence-electron chi connectivity index (χ1n) is 12.6. The summed E-state index contributed by atoms with van der Waals surface area (Å²) < 4.78 is 0. The van der Waals surface area contributed by atoms with Crippen molar-refractivity contribution in [2.45, 2.75) is 77.4 Å². The molecular weight excluding hydrogens is 416 g/mol. The number of nitrogens with zero attached hydrogens (tertiary/aromatic N) is 3. The van der Waals surface area contributed by atoms with Gasteiger partial charge in [-0.2, -0.15) is 0 Å². The predicted octanol–water partition coefficient (Wildman–Crippen LogP) is 3.07. The number of carboxylic acids is 1. The number of carbonyl (C=O) groups is 2. The molecule has 4 aliphatic carbocycles. The SMILES string of the molecule is Cc1ccc(N2CCN(C(C)(C)C(=O)NC3C4CC5CC3CC(C(=O)O)(C5)C4)C(C)C2)nc1. The highest BCUT2D eigenvalue weighted by molar-refractivity contribution is 5.86. The van der Waals surface area contributed by atoms with E-state index in [0.717, 1.165) is 63.1 Å². The lowest BCUT2D eigenvalue weighted by atomic mass is 9.48. The second kappa shape index (κ2) is 7.97. The van der Waals surface area contributed by atoms with Crippen molar-refractivity contribution in [2.24, 2.45) is 23.2 Å². The predicted molar refractivity (Wildman–Crippen MR) is 127 cm³/mol. The van der Waals surface area contributed by atoms with E-state index in [1.165, 1.54) is 0 Å². The van der Waals surface area contributed by atoms with Crippen molar-refractivity contribution in [3.05, 3.63) is 23.9 Å². The average Bonchev–Trinajstić information content (AvgIpc) is 2.75. The van der Waals surface area contributed by atoms with Crippen LogP contribution in [0.15, 0.2) is 18.3 Å². The number of nitrogens with one attached hydrogen (secondary N) is 1. The standard InChI is InChI=1S/C26H38N4O3/c1-16-5-6-21(27-14-16)29-7-8-30(17(2)15-29)25(3,4)23(31)28-22-19-9-18-10-20(22)13-26(11-18,12-19)24(32)33/h5-6,14,17-20,22H,7-13,15H2,1-4H3,(H,28,31)(H,32,33). The van der Waals surface area contributed by atoms with Gasteiger partial charge in [0.15, 0.2) is 0 Å². The van der Waals surface area contributed by atoms with Crippen LogP contribution in [-0.4, -0.2) is 64.1 Å². The summed E-state index contributed by atoms with van der Waals surface area (Å²) in [4.78, 5) is 34.8. The molecule has 2 N–H and O–H groups in total. The van der Waals surface area contributed by atoms with E-state index in [-0.39, 0.29) is 18.0 Å². The molecule has 1 aliphatic heterocycles. The summed E-state index contributed by atoms with van der Waals surface area (Å²) in [5.74, 6) is 1.57. The second-order valence-electron chi connectivity index (χ2n) is 11.8. The van der Waals surface area contributed by atoms with Gasteiger partial charge in [0.2, 0.25) is 5.91 Å². The molecule has 180 valence electrons. The Morgan fingerprint density at radius 2 is 1.85 bits per heavy atom. The van der Waals surface area contributed by atoms with Crippen LogP contribution in [0.1, 0.15) is 58.4 Å². The van der Waals surface area contributed by atoms with Crippen molar-refractivity contribution in [3.63, 3.8) is 0 Å². The van der Waals surface area contributed by atoms with E-state index in [2.05, 4.69) is 39.2 Å². The fourth-order valence-electron chi connectivity index (χ4n) is 7.62. The molecule has 0 spiro atoms. The zero-order valence-electron chi connectivity index (χ0n) is 20.4. The number of aliphatic carboxylic acids is 1. The molecule has 6 rings (SSSR count).